The third kappa shape index (κ3) is 4.21. The molecule has 1 aromatic heterocycles. The van der Waals surface area contributed by atoms with E-state index in [1.54, 1.807) is 4.90 Å². The summed E-state index contributed by atoms with van der Waals surface area (Å²) in [7, 11) is 0. The number of amides is 1. The molecule has 148 valence electrons. The number of rotatable bonds is 4. The van der Waals surface area contributed by atoms with Gasteiger partial charge in [0.1, 0.15) is 12.4 Å². The van der Waals surface area contributed by atoms with Gasteiger partial charge >= 0.3 is 6.09 Å². The predicted molar refractivity (Wildman–Crippen MR) is 111 cm³/mol. The summed E-state index contributed by atoms with van der Waals surface area (Å²) < 4.78 is 5.45. The number of benzene rings is 1. The zero-order valence-corrected chi connectivity index (χ0v) is 16.5. The van der Waals surface area contributed by atoms with Crippen molar-refractivity contribution in [2.45, 2.75) is 26.4 Å². The minimum absolute atomic E-state index is 0.234. The molecule has 6 nitrogen and oxygen atoms in total. The lowest BCUT2D eigenvalue weighted by molar-refractivity contribution is 0.0942. The summed E-state index contributed by atoms with van der Waals surface area (Å²) in [5.41, 5.74) is 3.37. The van der Waals surface area contributed by atoms with E-state index in [9.17, 15) is 4.79 Å². The monoisotopic (exact) mass is 380 g/mol. The van der Waals surface area contributed by atoms with E-state index in [-0.39, 0.29) is 6.09 Å². The summed E-state index contributed by atoms with van der Waals surface area (Å²) in [6.07, 6.45) is 4.25. The van der Waals surface area contributed by atoms with E-state index in [2.05, 4.69) is 22.8 Å². The zero-order valence-electron chi connectivity index (χ0n) is 16.5. The van der Waals surface area contributed by atoms with Crippen LogP contribution in [0, 0.1) is 6.92 Å². The van der Waals surface area contributed by atoms with Crippen molar-refractivity contribution in [2.75, 3.05) is 49.1 Å². The van der Waals surface area contributed by atoms with Crippen molar-refractivity contribution >= 4 is 17.6 Å². The maximum atomic E-state index is 12.3. The van der Waals surface area contributed by atoms with Crippen molar-refractivity contribution in [2.24, 2.45) is 0 Å². The van der Waals surface area contributed by atoms with Gasteiger partial charge in [-0.05, 0) is 37.0 Å². The van der Waals surface area contributed by atoms with Gasteiger partial charge in [-0.3, -0.25) is 0 Å². The van der Waals surface area contributed by atoms with Crippen LogP contribution in [-0.4, -0.2) is 55.2 Å². The Kier molecular flexibility index (Phi) is 5.65. The van der Waals surface area contributed by atoms with Crippen LogP contribution < -0.4 is 9.80 Å². The highest BCUT2D eigenvalue weighted by Gasteiger charge is 2.23. The van der Waals surface area contributed by atoms with E-state index in [4.69, 9.17) is 9.72 Å². The average Bonchev–Trinajstić information content (AvgIpc) is 3.27. The average molecular weight is 380 g/mol. The van der Waals surface area contributed by atoms with E-state index in [1.807, 2.05) is 36.5 Å². The molecule has 0 saturated carbocycles. The Morgan fingerprint density at radius 1 is 1.00 bits per heavy atom. The molecule has 0 N–H and O–H groups in total. The van der Waals surface area contributed by atoms with E-state index < -0.39 is 0 Å². The Morgan fingerprint density at radius 2 is 1.71 bits per heavy atom. The van der Waals surface area contributed by atoms with Gasteiger partial charge in [-0.1, -0.05) is 30.3 Å². The van der Waals surface area contributed by atoms with Crippen molar-refractivity contribution < 1.29 is 9.53 Å². The van der Waals surface area contributed by atoms with Crippen LogP contribution in [-0.2, 0) is 11.3 Å². The molecule has 0 spiro atoms. The Morgan fingerprint density at radius 3 is 2.39 bits per heavy atom. The fourth-order valence-corrected chi connectivity index (χ4v) is 3.94. The van der Waals surface area contributed by atoms with Gasteiger partial charge in [0.05, 0.1) is 11.9 Å². The first-order valence-corrected chi connectivity index (χ1v) is 10.1. The highest BCUT2D eigenvalue weighted by atomic mass is 16.6. The SMILES string of the molecule is Cc1cc(N2CCN(C(=O)OCc3ccccc3)CC2)cnc1N1CCCC1. The number of hydrogen-bond donors (Lipinski definition) is 0. The first-order chi connectivity index (χ1) is 13.7. The van der Waals surface area contributed by atoms with Gasteiger partial charge in [-0.25, -0.2) is 9.78 Å². The molecule has 0 atom stereocenters. The van der Waals surface area contributed by atoms with Gasteiger partial charge in [0.25, 0.3) is 0 Å². The molecule has 4 rings (SSSR count). The van der Waals surface area contributed by atoms with Gasteiger partial charge in [0.2, 0.25) is 0 Å². The van der Waals surface area contributed by atoms with Crippen molar-refractivity contribution in [1.29, 1.82) is 0 Å². The Hall–Kier alpha value is -2.76. The summed E-state index contributed by atoms with van der Waals surface area (Å²) in [5.74, 6) is 1.12. The molecule has 0 aliphatic carbocycles. The van der Waals surface area contributed by atoms with Crippen LogP contribution in [0.1, 0.15) is 24.0 Å². The maximum absolute atomic E-state index is 12.3. The largest absolute Gasteiger partial charge is 0.445 e. The molecule has 1 amide bonds. The van der Waals surface area contributed by atoms with Crippen LogP contribution in [0.15, 0.2) is 42.6 Å². The van der Waals surface area contributed by atoms with Crippen LogP contribution in [0.4, 0.5) is 16.3 Å². The van der Waals surface area contributed by atoms with Crippen molar-refractivity contribution in [3.05, 3.63) is 53.7 Å². The molecular formula is C22H28N4O2. The number of aryl methyl sites for hydroxylation is 1. The topological polar surface area (TPSA) is 48.9 Å². The molecule has 3 heterocycles. The van der Waals surface area contributed by atoms with Gasteiger partial charge in [0, 0.05) is 39.3 Å². The fourth-order valence-electron chi connectivity index (χ4n) is 3.94. The lowest BCUT2D eigenvalue weighted by Crippen LogP contribution is -2.49. The van der Waals surface area contributed by atoms with Crippen LogP contribution in [0.3, 0.4) is 0 Å². The number of ether oxygens (including phenoxy) is 1. The summed E-state index contributed by atoms with van der Waals surface area (Å²) >= 11 is 0. The Labute approximate surface area is 166 Å². The second-order valence-electron chi connectivity index (χ2n) is 7.54. The van der Waals surface area contributed by atoms with E-state index >= 15 is 0 Å². The molecule has 2 fully saturated rings. The fraction of sp³-hybridized carbons (Fsp3) is 0.455. The normalized spacial score (nSPS) is 17.1. The number of aromatic nitrogens is 1. The molecule has 2 saturated heterocycles. The highest BCUT2D eigenvalue weighted by molar-refractivity contribution is 5.68. The molecule has 2 aromatic rings. The molecular weight excluding hydrogens is 352 g/mol. The second kappa shape index (κ2) is 8.50. The van der Waals surface area contributed by atoms with Crippen LogP contribution in [0.2, 0.25) is 0 Å². The van der Waals surface area contributed by atoms with Crippen LogP contribution in [0.25, 0.3) is 0 Å². The third-order valence-corrected chi connectivity index (χ3v) is 5.55. The summed E-state index contributed by atoms with van der Waals surface area (Å²) in [6, 6.07) is 12.0. The molecule has 2 aliphatic heterocycles. The number of hydrogen-bond acceptors (Lipinski definition) is 5. The van der Waals surface area contributed by atoms with Crippen LogP contribution in [0.5, 0.6) is 0 Å². The summed E-state index contributed by atoms with van der Waals surface area (Å²) in [4.78, 5) is 23.5. The number of pyridine rings is 1. The van der Waals surface area contributed by atoms with Gasteiger partial charge in [-0.2, -0.15) is 0 Å². The minimum Gasteiger partial charge on any atom is -0.445 e. The quantitative estimate of drug-likeness (QED) is 0.813. The highest BCUT2D eigenvalue weighted by Crippen LogP contribution is 2.26. The molecule has 1 aromatic carbocycles. The standard InChI is InChI=1S/C22H28N4O2/c1-18-15-20(16-23-21(18)25-9-5-6-10-25)24-11-13-26(14-12-24)22(27)28-17-19-7-3-2-4-8-19/h2-4,7-8,15-16H,5-6,9-14,17H2,1H3. The predicted octanol–water partition coefficient (Wildman–Crippen LogP) is 3.45. The molecule has 28 heavy (non-hydrogen) atoms. The van der Waals surface area contributed by atoms with Crippen molar-refractivity contribution in [3.8, 4) is 0 Å². The van der Waals surface area contributed by atoms with Crippen molar-refractivity contribution in [3.63, 3.8) is 0 Å². The molecule has 0 unspecified atom stereocenters. The number of carbonyl (C=O) groups is 1. The number of anilines is 2. The summed E-state index contributed by atoms with van der Waals surface area (Å²) in [5, 5.41) is 0. The number of nitrogens with zero attached hydrogens (tertiary/aromatic N) is 4. The van der Waals surface area contributed by atoms with Gasteiger partial charge in [-0.15, -0.1) is 0 Å². The van der Waals surface area contributed by atoms with Crippen molar-refractivity contribution in [1.82, 2.24) is 9.88 Å². The lowest BCUT2D eigenvalue weighted by Gasteiger charge is -2.35. The minimum atomic E-state index is -0.234. The van der Waals surface area contributed by atoms with Crippen LogP contribution >= 0.6 is 0 Å². The third-order valence-electron chi connectivity index (χ3n) is 5.55. The van der Waals surface area contributed by atoms with Gasteiger partial charge < -0.3 is 19.4 Å². The first kappa shape index (κ1) is 18.6. The number of piperazine rings is 1. The molecule has 0 bridgehead atoms. The second-order valence-corrected chi connectivity index (χ2v) is 7.54. The Balaban J connectivity index is 1.30. The first-order valence-electron chi connectivity index (χ1n) is 10.1. The lowest BCUT2D eigenvalue weighted by atomic mass is 10.2. The molecule has 0 radical (unpaired) electrons. The number of carbonyl (C=O) groups excluding carboxylic acids is 1. The van der Waals surface area contributed by atoms with E-state index in [0.717, 1.165) is 43.2 Å². The summed E-state index contributed by atoms with van der Waals surface area (Å²) in [6.45, 7) is 7.60. The van der Waals surface area contributed by atoms with E-state index in [1.165, 1.54) is 18.4 Å². The molecule has 2 aliphatic rings. The van der Waals surface area contributed by atoms with Gasteiger partial charge in [0.15, 0.2) is 0 Å². The van der Waals surface area contributed by atoms with E-state index in [0.29, 0.717) is 19.7 Å². The zero-order chi connectivity index (χ0) is 19.3. The smallest absolute Gasteiger partial charge is 0.410 e. The Bertz CT molecular complexity index is 797. The molecule has 6 heteroatoms. The maximum Gasteiger partial charge on any atom is 0.410 e.